The van der Waals surface area contributed by atoms with Crippen molar-refractivity contribution in [3.63, 3.8) is 0 Å². The Morgan fingerprint density at radius 2 is 1.53 bits per heavy atom. The minimum Gasteiger partial charge on any atom is -0.229 e. The van der Waals surface area contributed by atoms with Gasteiger partial charge in [0, 0.05) is 10.8 Å². The highest BCUT2D eigenvalue weighted by atomic mass is 32.2. The number of rotatable bonds is 0. The van der Waals surface area contributed by atoms with Crippen molar-refractivity contribution in [2.75, 3.05) is 11.5 Å². The van der Waals surface area contributed by atoms with E-state index in [4.69, 9.17) is 0 Å². The quantitative estimate of drug-likeness (QED) is 0.601. The number of sulfone groups is 1. The molecule has 0 unspecified atom stereocenters. The summed E-state index contributed by atoms with van der Waals surface area (Å²) in [6.45, 7) is 7.40. The van der Waals surface area contributed by atoms with Gasteiger partial charge in [-0.3, -0.25) is 0 Å². The van der Waals surface area contributed by atoms with Crippen LogP contribution in [-0.2, 0) is 21.1 Å². The van der Waals surface area contributed by atoms with Crippen LogP contribution in [0.25, 0.3) is 0 Å². The lowest BCUT2D eigenvalue weighted by atomic mass is 9.72. The van der Waals surface area contributed by atoms with Crippen LogP contribution >= 0.6 is 0 Å². The third-order valence-corrected chi connectivity index (χ3v) is 5.27. The normalized spacial score (nSPS) is 26.8. The van der Waals surface area contributed by atoms with Gasteiger partial charge >= 0.3 is 0 Å². The zero-order valence-corrected chi connectivity index (χ0v) is 11.1. The Morgan fingerprint density at radius 1 is 1.13 bits per heavy atom. The molecule has 0 atom stereocenters. The maximum atomic E-state index is 11.7. The van der Waals surface area contributed by atoms with E-state index in [0.717, 1.165) is 5.57 Å². The van der Waals surface area contributed by atoms with Gasteiger partial charge in [0.05, 0.1) is 11.5 Å². The topological polar surface area (TPSA) is 51.2 Å². The monoisotopic (exact) mass is 248 g/mol. The van der Waals surface area contributed by atoms with Crippen LogP contribution in [0.3, 0.4) is 0 Å². The smallest absolute Gasteiger partial charge is 0.152 e. The first-order chi connectivity index (χ1) is 6.61. The van der Waals surface area contributed by atoms with Crippen LogP contribution in [0.2, 0.25) is 0 Å². The molecule has 0 aliphatic carbocycles. The molecule has 3 nitrogen and oxygen atoms in total. The highest BCUT2D eigenvalue weighted by Gasteiger charge is 2.46. The lowest BCUT2D eigenvalue weighted by Crippen LogP contribution is -2.44. The molecule has 1 aliphatic rings. The Bertz CT molecular complexity index is 433. The molecule has 1 heterocycles. The lowest BCUT2D eigenvalue weighted by Gasteiger charge is -2.41. The second-order valence-electron chi connectivity index (χ2n) is 5.36. The average molecular weight is 248 g/mol. The fourth-order valence-corrected chi connectivity index (χ4v) is 5.75. The lowest BCUT2D eigenvalue weighted by molar-refractivity contribution is 0.349. The molecule has 1 aliphatic heterocycles. The van der Waals surface area contributed by atoms with Crippen molar-refractivity contribution in [1.82, 2.24) is 0 Å². The van der Waals surface area contributed by atoms with Crippen LogP contribution in [0.15, 0.2) is 5.57 Å². The van der Waals surface area contributed by atoms with Gasteiger partial charge in [0.15, 0.2) is 9.84 Å². The van der Waals surface area contributed by atoms with Crippen LogP contribution in [-0.4, -0.2) is 29.2 Å². The predicted molar refractivity (Wildman–Crippen MR) is 62.9 cm³/mol. The van der Waals surface area contributed by atoms with Gasteiger partial charge in [-0.15, -0.1) is 0 Å². The van der Waals surface area contributed by atoms with Crippen LogP contribution < -0.4 is 0 Å². The van der Waals surface area contributed by atoms with Crippen molar-refractivity contribution in [2.24, 2.45) is 10.8 Å². The molecule has 0 bridgehead atoms. The van der Waals surface area contributed by atoms with Crippen LogP contribution in [0.4, 0.5) is 0 Å². The standard InChI is InChI=1S/C10H16O3S2/c1-9(2)6-15(12,13)7-10(3,4)8(9)5-14-11/h6-7H2,1-4H3. The number of allylic oxidation sites excluding steroid dienone is 1. The molecule has 0 saturated carbocycles. The van der Waals surface area contributed by atoms with Gasteiger partial charge in [-0.2, -0.15) is 0 Å². The summed E-state index contributed by atoms with van der Waals surface area (Å²) in [4.78, 5) is 0. The van der Waals surface area contributed by atoms with Gasteiger partial charge in [0.1, 0.15) is 11.3 Å². The van der Waals surface area contributed by atoms with Crippen LogP contribution in [0.1, 0.15) is 27.7 Å². The van der Waals surface area contributed by atoms with E-state index in [0.29, 0.717) is 0 Å². The minimum absolute atomic E-state index is 0.103. The van der Waals surface area contributed by atoms with Crippen molar-refractivity contribution >= 4 is 26.1 Å². The fourth-order valence-electron chi connectivity index (χ4n) is 2.53. The third-order valence-electron chi connectivity index (χ3n) is 2.66. The minimum atomic E-state index is -3.02. The van der Waals surface area contributed by atoms with Crippen molar-refractivity contribution in [1.29, 1.82) is 0 Å². The Balaban J connectivity index is 3.44. The molecule has 0 N–H and O–H groups in total. The first-order valence-electron chi connectivity index (χ1n) is 4.74. The molecule has 0 aromatic carbocycles. The van der Waals surface area contributed by atoms with E-state index in [-0.39, 0.29) is 22.8 Å². The average Bonchev–Trinajstić information content (AvgIpc) is 1.92. The summed E-state index contributed by atoms with van der Waals surface area (Å²) in [6.07, 6.45) is 0. The Labute approximate surface area is 94.6 Å². The maximum absolute atomic E-state index is 11.7. The van der Waals surface area contributed by atoms with E-state index in [1.54, 1.807) is 0 Å². The molecule has 0 radical (unpaired) electrons. The summed E-state index contributed by atoms with van der Waals surface area (Å²) in [7, 11) is -3.02. The molecule has 1 fully saturated rings. The van der Waals surface area contributed by atoms with E-state index in [2.05, 4.69) is 5.02 Å². The number of hydrogen-bond acceptors (Lipinski definition) is 3. The summed E-state index contributed by atoms with van der Waals surface area (Å²) in [5.74, 6) is 0.207. The summed E-state index contributed by atoms with van der Waals surface area (Å²) in [6, 6.07) is 0. The first-order valence-corrected chi connectivity index (χ1v) is 7.30. The molecule has 0 aromatic heterocycles. The van der Waals surface area contributed by atoms with E-state index in [1.165, 1.54) is 0 Å². The highest BCUT2D eigenvalue weighted by Crippen LogP contribution is 2.44. The van der Waals surface area contributed by atoms with Gasteiger partial charge < -0.3 is 0 Å². The van der Waals surface area contributed by atoms with Gasteiger partial charge in [0.2, 0.25) is 0 Å². The van der Waals surface area contributed by atoms with E-state index < -0.39 is 20.7 Å². The van der Waals surface area contributed by atoms with Crippen LogP contribution in [0.5, 0.6) is 0 Å². The molecule has 0 amide bonds. The number of hydrogen-bond donors (Lipinski definition) is 0. The highest BCUT2D eigenvalue weighted by molar-refractivity contribution is 7.91. The largest absolute Gasteiger partial charge is 0.229 e. The predicted octanol–water partition coefficient (Wildman–Crippen LogP) is 1.01. The van der Waals surface area contributed by atoms with Gasteiger partial charge in [0.25, 0.3) is 0 Å². The summed E-state index contributed by atoms with van der Waals surface area (Å²) in [5.41, 5.74) is -0.152. The van der Waals surface area contributed by atoms with Gasteiger partial charge in [-0.05, 0) is 10.6 Å². The molecule has 1 rings (SSSR count). The van der Waals surface area contributed by atoms with E-state index in [9.17, 15) is 12.6 Å². The molecular weight excluding hydrogens is 232 g/mol. The van der Waals surface area contributed by atoms with Crippen molar-refractivity contribution in [3.8, 4) is 0 Å². The zero-order chi connectivity index (χ0) is 11.9. The third kappa shape index (κ3) is 2.60. The summed E-state index contributed by atoms with van der Waals surface area (Å²) in [5, 5.41) is 2.72. The van der Waals surface area contributed by atoms with E-state index in [1.807, 2.05) is 27.7 Å². The van der Waals surface area contributed by atoms with Crippen molar-refractivity contribution < 1.29 is 12.6 Å². The molecule has 1 saturated heterocycles. The molecule has 15 heavy (non-hydrogen) atoms. The Hall–Kier alpha value is -0.380. The van der Waals surface area contributed by atoms with Gasteiger partial charge in [-0.25, -0.2) is 12.6 Å². The summed E-state index contributed by atoms with van der Waals surface area (Å²) < 4.78 is 34.0. The fraction of sp³-hybridized carbons (Fsp3) is 0.800. The molecule has 86 valence electrons. The SMILES string of the molecule is CC1(C)CS(=O)(=O)CC(C)(C)C1=C=S=O. The molecule has 0 aromatic rings. The van der Waals surface area contributed by atoms with Crippen LogP contribution in [0, 0.1) is 10.8 Å². The van der Waals surface area contributed by atoms with Crippen molar-refractivity contribution in [3.05, 3.63) is 5.57 Å². The van der Waals surface area contributed by atoms with Crippen molar-refractivity contribution in [2.45, 2.75) is 27.7 Å². The first kappa shape index (κ1) is 12.7. The maximum Gasteiger partial charge on any atom is 0.152 e. The zero-order valence-electron chi connectivity index (χ0n) is 9.46. The second-order valence-corrected chi connectivity index (χ2v) is 7.80. The summed E-state index contributed by atoms with van der Waals surface area (Å²) >= 11 is 0.281. The molecule has 0 spiro atoms. The molecular formula is C10H16O3S2. The Kier molecular flexibility index (Phi) is 3.03. The Morgan fingerprint density at radius 3 is 1.87 bits per heavy atom. The second kappa shape index (κ2) is 3.58. The van der Waals surface area contributed by atoms with Gasteiger partial charge in [-0.1, -0.05) is 27.7 Å². The molecule has 5 heteroatoms. The van der Waals surface area contributed by atoms with E-state index >= 15 is 0 Å².